The van der Waals surface area contributed by atoms with Crippen LogP contribution in [0.3, 0.4) is 0 Å². The lowest BCUT2D eigenvalue weighted by atomic mass is 9.88. The van der Waals surface area contributed by atoms with Crippen molar-refractivity contribution in [3.05, 3.63) is 34.9 Å². The highest BCUT2D eigenvalue weighted by Gasteiger charge is 2.35. The lowest BCUT2D eigenvalue weighted by molar-refractivity contribution is -0.140. The minimum Gasteiger partial charge on any atom is -0.350 e. The molecule has 2 amide bonds. The molecule has 1 unspecified atom stereocenters. The molecule has 3 rings (SSSR count). The number of halogens is 1. The summed E-state index contributed by atoms with van der Waals surface area (Å²) in [5.41, 5.74) is 7.04. The van der Waals surface area contributed by atoms with Crippen molar-refractivity contribution < 1.29 is 9.59 Å². The Morgan fingerprint density at radius 2 is 1.80 bits per heavy atom. The molecule has 1 saturated heterocycles. The quantitative estimate of drug-likeness (QED) is 0.841. The highest BCUT2D eigenvalue weighted by Crippen LogP contribution is 2.24. The van der Waals surface area contributed by atoms with E-state index < -0.39 is 6.04 Å². The zero-order valence-electron chi connectivity index (χ0n) is 14.4. The van der Waals surface area contributed by atoms with E-state index in [9.17, 15) is 9.59 Å². The number of carbonyl (C=O) groups is 2. The number of hydrogen-bond acceptors (Lipinski definition) is 3. The van der Waals surface area contributed by atoms with Gasteiger partial charge in [0, 0.05) is 24.0 Å². The zero-order chi connectivity index (χ0) is 17.8. The van der Waals surface area contributed by atoms with Gasteiger partial charge in [0.15, 0.2) is 0 Å². The van der Waals surface area contributed by atoms with E-state index in [2.05, 4.69) is 5.32 Å². The summed E-state index contributed by atoms with van der Waals surface area (Å²) in [6.07, 6.45) is 6.01. The number of nitrogens with zero attached hydrogens (tertiary/aromatic N) is 1. The SMILES string of the molecule is NC(Cc1ccc(Cl)cc1)C(=O)N1CC(NC(=O)C2CCCCC2)C1. The van der Waals surface area contributed by atoms with Gasteiger partial charge in [-0.05, 0) is 37.0 Å². The smallest absolute Gasteiger partial charge is 0.239 e. The Bertz CT molecular complexity index is 608. The highest BCUT2D eigenvalue weighted by molar-refractivity contribution is 6.30. The molecule has 0 bridgehead atoms. The van der Waals surface area contributed by atoms with Crippen molar-refractivity contribution in [2.24, 2.45) is 11.7 Å². The molecule has 1 saturated carbocycles. The molecule has 6 heteroatoms. The fourth-order valence-electron chi connectivity index (χ4n) is 3.63. The van der Waals surface area contributed by atoms with Crippen LogP contribution >= 0.6 is 11.6 Å². The molecule has 1 aliphatic carbocycles. The maximum Gasteiger partial charge on any atom is 0.239 e. The van der Waals surface area contributed by atoms with Crippen molar-refractivity contribution in [3.63, 3.8) is 0 Å². The molecule has 2 fully saturated rings. The minimum absolute atomic E-state index is 0.0573. The number of amides is 2. The third kappa shape index (κ3) is 4.73. The molecule has 1 aromatic rings. The third-order valence-electron chi connectivity index (χ3n) is 5.20. The molecule has 5 nitrogen and oxygen atoms in total. The van der Waals surface area contributed by atoms with Crippen LogP contribution < -0.4 is 11.1 Å². The van der Waals surface area contributed by atoms with Gasteiger partial charge in [-0.1, -0.05) is 43.0 Å². The Labute approximate surface area is 153 Å². The largest absolute Gasteiger partial charge is 0.350 e. The molecule has 1 aromatic carbocycles. The summed E-state index contributed by atoms with van der Waals surface area (Å²) in [7, 11) is 0. The van der Waals surface area contributed by atoms with Gasteiger partial charge in [0.25, 0.3) is 0 Å². The number of benzene rings is 1. The van der Waals surface area contributed by atoms with Crippen LogP contribution in [-0.4, -0.2) is 41.9 Å². The fraction of sp³-hybridized carbons (Fsp3) is 0.579. The first kappa shape index (κ1) is 18.2. The van der Waals surface area contributed by atoms with Crippen LogP contribution in [0.2, 0.25) is 5.02 Å². The molecule has 25 heavy (non-hydrogen) atoms. The van der Waals surface area contributed by atoms with Gasteiger partial charge in [0.05, 0.1) is 12.1 Å². The lowest BCUT2D eigenvalue weighted by Gasteiger charge is -2.41. The molecule has 0 radical (unpaired) electrons. The van der Waals surface area contributed by atoms with Gasteiger partial charge < -0.3 is 16.0 Å². The van der Waals surface area contributed by atoms with E-state index in [0.29, 0.717) is 24.5 Å². The summed E-state index contributed by atoms with van der Waals surface area (Å²) in [5.74, 6) is 0.256. The second-order valence-electron chi connectivity index (χ2n) is 7.22. The number of nitrogens with two attached hydrogens (primary N) is 1. The van der Waals surface area contributed by atoms with Crippen LogP contribution in [0.4, 0.5) is 0 Å². The molecule has 0 spiro atoms. The Morgan fingerprint density at radius 3 is 2.44 bits per heavy atom. The first-order valence-electron chi connectivity index (χ1n) is 9.12. The second kappa shape index (κ2) is 8.19. The van der Waals surface area contributed by atoms with Crippen LogP contribution in [0.25, 0.3) is 0 Å². The summed E-state index contributed by atoms with van der Waals surface area (Å²) >= 11 is 5.87. The maximum absolute atomic E-state index is 12.4. The molecule has 1 heterocycles. The molecule has 1 aliphatic heterocycles. The van der Waals surface area contributed by atoms with E-state index >= 15 is 0 Å². The molecular formula is C19H26ClN3O2. The van der Waals surface area contributed by atoms with Crippen LogP contribution in [-0.2, 0) is 16.0 Å². The molecular weight excluding hydrogens is 338 g/mol. The van der Waals surface area contributed by atoms with Crippen molar-refractivity contribution in [2.45, 2.75) is 50.6 Å². The second-order valence-corrected chi connectivity index (χ2v) is 7.66. The Hall–Kier alpha value is -1.59. The summed E-state index contributed by atoms with van der Waals surface area (Å²) in [5, 5.41) is 3.75. The van der Waals surface area contributed by atoms with Crippen molar-refractivity contribution in [3.8, 4) is 0 Å². The van der Waals surface area contributed by atoms with Gasteiger partial charge in [0.2, 0.25) is 11.8 Å². The molecule has 0 aromatic heterocycles. The fourth-order valence-corrected chi connectivity index (χ4v) is 3.76. The predicted molar refractivity (Wildman–Crippen MR) is 98.2 cm³/mol. The van der Waals surface area contributed by atoms with Gasteiger partial charge in [-0.25, -0.2) is 0 Å². The molecule has 2 aliphatic rings. The van der Waals surface area contributed by atoms with E-state index in [4.69, 9.17) is 17.3 Å². The van der Waals surface area contributed by atoms with Gasteiger partial charge in [-0.15, -0.1) is 0 Å². The highest BCUT2D eigenvalue weighted by atomic mass is 35.5. The van der Waals surface area contributed by atoms with Crippen molar-refractivity contribution in [1.82, 2.24) is 10.2 Å². The van der Waals surface area contributed by atoms with Gasteiger partial charge in [0.1, 0.15) is 0 Å². The summed E-state index contributed by atoms with van der Waals surface area (Å²) in [4.78, 5) is 26.4. The van der Waals surface area contributed by atoms with Crippen LogP contribution in [0.5, 0.6) is 0 Å². The van der Waals surface area contributed by atoms with Gasteiger partial charge in [-0.3, -0.25) is 9.59 Å². The van der Waals surface area contributed by atoms with E-state index in [1.54, 1.807) is 17.0 Å². The number of carbonyl (C=O) groups excluding carboxylic acids is 2. The standard InChI is InChI=1S/C19H26ClN3O2/c20-15-8-6-13(7-9-15)10-17(21)19(25)23-11-16(12-23)22-18(24)14-4-2-1-3-5-14/h6-9,14,16-17H,1-5,10-12,21H2,(H,22,24). The summed E-state index contributed by atoms with van der Waals surface area (Å²) in [6, 6.07) is 6.89. The zero-order valence-corrected chi connectivity index (χ0v) is 15.2. The van der Waals surface area contributed by atoms with Crippen molar-refractivity contribution >= 4 is 23.4 Å². The monoisotopic (exact) mass is 363 g/mol. The number of likely N-dealkylation sites (tertiary alicyclic amines) is 1. The Morgan fingerprint density at radius 1 is 1.16 bits per heavy atom. The van der Waals surface area contributed by atoms with E-state index in [0.717, 1.165) is 31.2 Å². The minimum atomic E-state index is -0.559. The van der Waals surface area contributed by atoms with Crippen molar-refractivity contribution in [1.29, 1.82) is 0 Å². The normalized spacial score (nSPS) is 20.0. The van der Waals surface area contributed by atoms with E-state index in [1.807, 2.05) is 12.1 Å². The van der Waals surface area contributed by atoms with Crippen molar-refractivity contribution in [2.75, 3.05) is 13.1 Å². The Kier molecular flexibility index (Phi) is 5.97. The van der Waals surface area contributed by atoms with E-state index in [-0.39, 0.29) is 23.8 Å². The van der Waals surface area contributed by atoms with E-state index in [1.165, 1.54) is 6.42 Å². The van der Waals surface area contributed by atoms with Gasteiger partial charge >= 0.3 is 0 Å². The third-order valence-corrected chi connectivity index (χ3v) is 5.45. The topological polar surface area (TPSA) is 75.4 Å². The Balaban J connectivity index is 1.41. The molecule has 136 valence electrons. The number of nitrogens with one attached hydrogen (secondary N) is 1. The lowest BCUT2D eigenvalue weighted by Crippen LogP contribution is -2.64. The predicted octanol–water partition coefficient (Wildman–Crippen LogP) is 2.12. The first-order chi connectivity index (χ1) is 12.0. The first-order valence-corrected chi connectivity index (χ1v) is 9.50. The number of rotatable bonds is 5. The van der Waals surface area contributed by atoms with Gasteiger partial charge in [-0.2, -0.15) is 0 Å². The van der Waals surface area contributed by atoms with Crippen LogP contribution in [0.15, 0.2) is 24.3 Å². The average Bonchev–Trinajstić information content (AvgIpc) is 2.59. The molecule has 1 atom stereocenters. The summed E-state index contributed by atoms with van der Waals surface area (Å²) < 4.78 is 0. The van der Waals surface area contributed by atoms with Crippen LogP contribution in [0.1, 0.15) is 37.7 Å². The molecule has 3 N–H and O–H groups in total. The average molecular weight is 364 g/mol. The maximum atomic E-state index is 12.4. The van der Waals surface area contributed by atoms with Crippen LogP contribution in [0, 0.1) is 5.92 Å². The number of hydrogen-bond donors (Lipinski definition) is 2. The summed E-state index contributed by atoms with van der Waals surface area (Å²) in [6.45, 7) is 1.12.